The molecule has 1 N–H and O–H groups in total. The average Bonchev–Trinajstić information content (AvgIpc) is 3.27. The van der Waals surface area contributed by atoms with E-state index in [1.165, 1.54) is 24.1 Å². The number of rotatable bonds is 4. The highest BCUT2D eigenvalue weighted by molar-refractivity contribution is 7.17. The third-order valence-electron chi connectivity index (χ3n) is 6.03. The van der Waals surface area contributed by atoms with Crippen LogP contribution in [0, 0.1) is 17.8 Å². The van der Waals surface area contributed by atoms with Gasteiger partial charge in [-0.15, -0.1) is 11.3 Å². The molecule has 0 spiro atoms. The molecular weight excluding hydrogens is 334 g/mol. The van der Waals surface area contributed by atoms with Crippen LogP contribution < -0.4 is 5.32 Å². The molecule has 3 atom stereocenters. The van der Waals surface area contributed by atoms with Crippen LogP contribution in [0.3, 0.4) is 0 Å². The van der Waals surface area contributed by atoms with Crippen LogP contribution in [-0.2, 0) is 22.4 Å². The highest BCUT2D eigenvalue weighted by atomic mass is 32.1. The zero-order chi connectivity index (χ0) is 17.6. The minimum absolute atomic E-state index is 0.115. The lowest BCUT2D eigenvalue weighted by atomic mass is 9.88. The first-order chi connectivity index (χ1) is 12.0. The summed E-state index contributed by atoms with van der Waals surface area (Å²) in [5.74, 6) is 1.25. The number of nitrogens with one attached hydrogen (secondary N) is 1. The zero-order valence-corrected chi connectivity index (χ0v) is 15.9. The molecule has 25 heavy (non-hydrogen) atoms. The number of carbonyl (C=O) groups excluding carboxylic acids is 2. The van der Waals surface area contributed by atoms with E-state index in [9.17, 15) is 9.59 Å². The lowest BCUT2D eigenvalue weighted by Gasteiger charge is -2.20. The molecule has 0 saturated heterocycles. The van der Waals surface area contributed by atoms with Crippen LogP contribution in [0.2, 0.25) is 0 Å². The highest BCUT2D eigenvalue weighted by Crippen LogP contribution is 2.49. The molecule has 1 heterocycles. The maximum Gasteiger partial charge on any atom is 0.341 e. The largest absolute Gasteiger partial charge is 0.459 e. The number of hydrogen-bond acceptors (Lipinski definition) is 4. The number of aryl methyl sites for hydroxylation is 1. The van der Waals surface area contributed by atoms with Crippen LogP contribution in [0.1, 0.15) is 73.2 Å². The van der Waals surface area contributed by atoms with Crippen LogP contribution in [-0.4, -0.2) is 18.0 Å². The van der Waals surface area contributed by atoms with Gasteiger partial charge in [-0.25, -0.2) is 4.79 Å². The second kappa shape index (κ2) is 6.75. The fraction of sp³-hybridized carbons (Fsp3) is 0.700. The smallest absolute Gasteiger partial charge is 0.341 e. The molecule has 0 unspecified atom stereocenters. The normalized spacial score (nSPS) is 27.4. The van der Waals surface area contributed by atoms with Gasteiger partial charge in [0.05, 0.1) is 11.7 Å². The molecule has 136 valence electrons. The molecule has 2 saturated carbocycles. The van der Waals surface area contributed by atoms with Crippen LogP contribution in [0.4, 0.5) is 5.00 Å². The van der Waals surface area contributed by atoms with E-state index in [1.807, 2.05) is 13.8 Å². The van der Waals surface area contributed by atoms with Crippen molar-refractivity contribution in [2.45, 2.75) is 71.3 Å². The Hall–Kier alpha value is -1.36. The van der Waals surface area contributed by atoms with Crippen LogP contribution >= 0.6 is 11.3 Å². The Balaban J connectivity index is 1.58. The van der Waals surface area contributed by atoms with E-state index in [1.54, 1.807) is 11.3 Å². The minimum Gasteiger partial charge on any atom is -0.459 e. The molecule has 0 radical (unpaired) electrons. The van der Waals surface area contributed by atoms with Gasteiger partial charge in [0.2, 0.25) is 5.91 Å². The molecule has 4 nitrogen and oxygen atoms in total. The third kappa shape index (κ3) is 3.23. The summed E-state index contributed by atoms with van der Waals surface area (Å²) < 4.78 is 5.47. The minimum atomic E-state index is -0.280. The summed E-state index contributed by atoms with van der Waals surface area (Å²) in [6, 6.07) is 0. The van der Waals surface area contributed by atoms with Crippen molar-refractivity contribution in [1.29, 1.82) is 0 Å². The Morgan fingerprint density at radius 1 is 1.16 bits per heavy atom. The van der Waals surface area contributed by atoms with E-state index in [4.69, 9.17) is 4.74 Å². The van der Waals surface area contributed by atoms with Crippen molar-refractivity contribution < 1.29 is 14.3 Å². The topological polar surface area (TPSA) is 55.4 Å². The van der Waals surface area contributed by atoms with Crippen molar-refractivity contribution in [3.05, 3.63) is 16.0 Å². The molecule has 5 heteroatoms. The summed E-state index contributed by atoms with van der Waals surface area (Å²) in [4.78, 5) is 26.8. The first-order valence-corrected chi connectivity index (χ1v) is 10.5. The molecule has 3 aliphatic carbocycles. The number of fused-ring (bicyclic) bond motifs is 3. The quantitative estimate of drug-likeness (QED) is 0.800. The molecule has 1 aromatic rings. The van der Waals surface area contributed by atoms with Crippen molar-refractivity contribution in [3.8, 4) is 0 Å². The zero-order valence-electron chi connectivity index (χ0n) is 15.1. The predicted molar refractivity (Wildman–Crippen MR) is 99.1 cm³/mol. The highest BCUT2D eigenvalue weighted by Gasteiger charge is 2.43. The number of carbonyl (C=O) groups is 2. The van der Waals surface area contributed by atoms with Crippen molar-refractivity contribution in [2.75, 3.05) is 5.32 Å². The number of thiophene rings is 1. The number of hydrogen-bond donors (Lipinski definition) is 1. The molecule has 2 bridgehead atoms. The van der Waals surface area contributed by atoms with Crippen LogP contribution in [0.25, 0.3) is 0 Å². The number of esters is 1. The summed E-state index contributed by atoms with van der Waals surface area (Å²) in [7, 11) is 0. The lowest BCUT2D eigenvalue weighted by Crippen LogP contribution is -2.27. The molecule has 2 fully saturated rings. The van der Waals surface area contributed by atoms with Gasteiger partial charge in [-0.05, 0) is 76.2 Å². The van der Waals surface area contributed by atoms with Gasteiger partial charge in [0.25, 0.3) is 0 Å². The maximum atomic E-state index is 12.9. The second-order valence-electron chi connectivity index (χ2n) is 8.14. The number of anilines is 1. The van der Waals surface area contributed by atoms with Gasteiger partial charge in [0.15, 0.2) is 0 Å². The average molecular weight is 362 g/mol. The van der Waals surface area contributed by atoms with Gasteiger partial charge in [-0.3, -0.25) is 4.79 Å². The standard InChI is InChI=1S/C20H27NO3S/c1-11(2)24-20(23)17-14-5-3-4-6-16(14)25-19(17)21-18(22)15-10-12-7-8-13(15)9-12/h11-13,15H,3-10H2,1-2H3,(H,21,22)/t12-,13+,15+/m1/s1. The summed E-state index contributed by atoms with van der Waals surface area (Å²) >= 11 is 1.59. The summed E-state index contributed by atoms with van der Waals surface area (Å²) in [5, 5.41) is 3.85. The number of ether oxygens (including phenoxy) is 1. The second-order valence-corrected chi connectivity index (χ2v) is 9.24. The van der Waals surface area contributed by atoms with E-state index in [-0.39, 0.29) is 23.9 Å². The molecular formula is C20H27NO3S. The monoisotopic (exact) mass is 361 g/mol. The molecule has 1 amide bonds. The van der Waals surface area contributed by atoms with Gasteiger partial charge in [-0.1, -0.05) is 6.42 Å². The third-order valence-corrected chi connectivity index (χ3v) is 7.24. The van der Waals surface area contributed by atoms with E-state index in [0.717, 1.165) is 48.6 Å². The molecule has 1 aromatic heterocycles. The predicted octanol–water partition coefficient (Wildman–Crippen LogP) is 4.57. The maximum absolute atomic E-state index is 12.9. The van der Waals surface area contributed by atoms with Gasteiger partial charge < -0.3 is 10.1 Å². The first-order valence-electron chi connectivity index (χ1n) is 9.69. The summed E-state index contributed by atoms with van der Waals surface area (Å²) in [5.41, 5.74) is 1.75. The van der Waals surface area contributed by atoms with Crippen molar-refractivity contribution in [3.63, 3.8) is 0 Å². The van der Waals surface area contributed by atoms with Crippen molar-refractivity contribution >= 4 is 28.2 Å². The molecule has 0 aliphatic heterocycles. The van der Waals surface area contributed by atoms with Gasteiger partial charge in [-0.2, -0.15) is 0 Å². The fourth-order valence-corrected chi connectivity index (χ4v) is 6.19. The van der Waals surface area contributed by atoms with Crippen LogP contribution in [0.15, 0.2) is 0 Å². The Bertz CT molecular complexity index is 693. The Morgan fingerprint density at radius 2 is 1.96 bits per heavy atom. The van der Waals surface area contributed by atoms with E-state index in [0.29, 0.717) is 11.5 Å². The van der Waals surface area contributed by atoms with Crippen LogP contribution in [0.5, 0.6) is 0 Å². The van der Waals surface area contributed by atoms with E-state index in [2.05, 4.69) is 5.32 Å². The summed E-state index contributed by atoms with van der Waals surface area (Å²) in [6.45, 7) is 3.73. The SMILES string of the molecule is CC(C)OC(=O)c1c(NC(=O)[C@H]2C[C@@H]3CC[C@H]2C3)sc2c1CCCC2. The molecule has 3 aliphatic rings. The van der Waals surface area contributed by atoms with Crippen molar-refractivity contribution in [1.82, 2.24) is 0 Å². The number of amides is 1. The van der Waals surface area contributed by atoms with Gasteiger partial charge in [0.1, 0.15) is 5.00 Å². The molecule has 0 aromatic carbocycles. The Kier molecular flexibility index (Phi) is 4.61. The Labute approximate surface area is 153 Å². The summed E-state index contributed by atoms with van der Waals surface area (Å²) in [6.07, 6.45) is 8.73. The van der Waals surface area contributed by atoms with Gasteiger partial charge in [0, 0.05) is 10.8 Å². The Morgan fingerprint density at radius 3 is 2.64 bits per heavy atom. The van der Waals surface area contributed by atoms with E-state index >= 15 is 0 Å². The lowest BCUT2D eigenvalue weighted by molar-refractivity contribution is -0.121. The van der Waals surface area contributed by atoms with Crippen molar-refractivity contribution in [2.24, 2.45) is 17.8 Å². The fourth-order valence-electron chi connectivity index (χ4n) is 4.91. The van der Waals surface area contributed by atoms with Gasteiger partial charge >= 0.3 is 5.97 Å². The first kappa shape index (κ1) is 17.1. The van der Waals surface area contributed by atoms with E-state index < -0.39 is 0 Å². The molecule has 4 rings (SSSR count).